The first-order valence-corrected chi connectivity index (χ1v) is 10.7. The van der Waals surface area contributed by atoms with Crippen molar-refractivity contribution in [1.29, 1.82) is 0 Å². The minimum atomic E-state index is -0.272. The molecule has 0 bridgehead atoms. The standard InChI is InChI=1S/C25H36N4O2/c1-17(2)31-22-13-18(3)11-12-21(22)16-28-24(26-7)27-15-19-9-8-10-20(14-19)23(30)29-25(4,5)6/h8-14,17H,15-16H2,1-7H3,(H,29,30)(H2,26,27,28). The van der Waals surface area contributed by atoms with Crippen molar-refractivity contribution in [1.82, 2.24) is 16.0 Å². The average molecular weight is 425 g/mol. The highest BCUT2D eigenvalue weighted by atomic mass is 16.5. The van der Waals surface area contributed by atoms with E-state index in [0.29, 0.717) is 24.6 Å². The van der Waals surface area contributed by atoms with Crippen LogP contribution < -0.4 is 20.7 Å². The van der Waals surface area contributed by atoms with Crippen LogP contribution in [0.4, 0.5) is 0 Å². The lowest BCUT2D eigenvalue weighted by Gasteiger charge is -2.20. The van der Waals surface area contributed by atoms with Crippen LogP contribution in [0.3, 0.4) is 0 Å². The van der Waals surface area contributed by atoms with Gasteiger partial charge in [-0.2, -0.15) is 0 Å². The highest BCUT2D eigenvalue weighted by Crippen LogP contribution is 2.21. The highest BCUT2D eigenvalue weighted by molar-refractivity contribution is 5.94. The normalized spacial score (nSPS) is 11.9. The molecule has 0 aromatic heterocycles. The molecule has 0 aliphatic heterocycles. The molecule has 0 saturated carbocycles. The summed E-state index contributed by atoms with van der Waals surface area (Å²) in [4.78, 5) is 16.7. The number of nitrogens with zero attached hydrogens (tertiary/aromatic N) is 1. The van der Waals surface area contributed by atoms with E-state index in [1.54, 1.807) is 7.05 Å². The van der Waals surface area contributed by atoms with E-state index in [4.69, 9.17) is 4.74 Å². The molecule has 0 radical (unpaired) electrons. The number of guanidine groups is 1. The quantitative estimate of drug-likeness (QED) is 0.461. The molecule has 0 fully saturated rings. The Hall–Kier alpha value is -3.02. The zero-order valence-electron chi connectivity index (χ0n) is 19.8. The second-order valence-electron chi connectivity index (χ2n) is 8.96. The molecule has 6 heteroatoms. The topological polar surface area (TPSA) is 74.8 Å². The number of carbonyl (C=O) groups is 1. The number of ether oxygens (including phenoxy) is 1. The molecule has 0 aliphatic carbocycles. The maximum Gasteiger partial charge on any atom is 0.251 e. The molecule has 0 spiro atoms. The van der Waals surface area contributed by atoms with Crippen LogP contribution in [0.2, 0.25) is 0 Å². The summed E-state index contributed by atoms with van der Waals surface area (Å²) in [6.45, 7) is 13.2. The predicted octanol–water partition coefficient (Wildman–Crippen LogP) is 4.18. The van der Waals surface area contributed by atoms with E-state index in [2.05, 4.69) is 46.1 Å². The Morgan fingerprint density at radius 2 is 1.77 bits per heavy atom. The van der Waals surface area contributed by atoms with E-state index in [1.807, 2.05) is 58.9 Å². The fraction of sp³-hybridized carbons (Fsp3) is 0.440. The molecule has 2 aromatic carbocycles. The number of benzene rings is 2. The second kappa shape index (κ2) is 10.8. The van der Waals surface area contributed by atoms with E-state index in [9.17, 15) is 4.79 Å². The Morgan fingerprint density at radius 3 is 2.42 bits per heavy atom. The largest absolute Gasteiger partial charge is 0.491 e. The van der Waals surface area contributed by atoms with Crippen LogP contribution in [0.1, 0.15) is 61.7 Å². The molecule has 2 rings (SSSR count). The lowest BCUT2D eigenvalue weighted by atomic mass is 10.1. The van der Waals surface area contributed by atoms with Gasteiger partial charge < -0.3 is 20.7 Å². The average Bonchev–Trinajstić information content (AvgIpc) is 2.68. The SMILES string of the molecule is CN=C(NCc1cccc(C(=O)NC(C)(C)C)c1)NCc1ccc(C)cc1OC(C)C. The number of carbonyl (C=O) groups excluding carboxylic acids is 1. The van der Waals surface area contributed by atoms with Crippen LogP contribution in [0.5, 0.6) is 5.75 Å². The van der Waals surface area contributed by atoms with Crippen molar-refractivity contribution < 1.29 is 9.53 Å². The summed E-state index contributed by atoms with van der Waals surface area (Å²) in [5.74, 6) is 1.49. The maximum atomic E-state index is 12.4. The third-order valence-corrected chi connectivity index (χ3v) is 4.39. The van der Waals surface area contributed by atoms with Crippen molar-refractivity contribution in [3.05, 3.63) is 64.7 Å². The molecule has 0 aliphatic rings. The predicted molar refractivity (Wildman–Crippen MR) is 128 cm³/mol. The number of aliphatic imine (C=N–C) groups is 1. The van der Waals surface area contributed by atoms with Crippen molar-refractivity contribution in [3.8, 4) is 5.75 Å². The van der Waals surface area contributed by atoms with Crippen LogP contribution >= 0.6 is 0 Å². The fourth-order valence-corrected chi connectivity index (χ4v) is 2.99. The Labute approximate surface area is 186 Å². The first-order valence-electron chi connectivity index (χ1n) is 10.7. The van der Waals surface area contributed by atoms with Gasteiger partial charge in [-0.25, -0.2) is 0 Å². The van der Waals surface area contributed by atoms with Crippen molar-refractivity contribution in [2.24, 2.45) is 4.99 Å². The van der Waals surface area contributed by atoms with Gasteiger partial charge in [0.05, 0.1) is 6.10 Å². The van der Waals surface area contributed by atoms with Crippen LogP contribution in [-0.4, -0.2) is 30.6 Å². The summed E-state index contributed by atoms with van der Waals surface area (Å²) in [5, 5.41) is 9.64. The smallest absolute Gasteiger partial charge is 0.251 e. The Kier molecular flexibility index (Phi) is 8.48. The van der Waals surface area contributed by atoms with Gasteiger partial charge in [-0.05, 0) is 70.9 Å². The summed E-state index contributed by atoms with van der Waals surface area (Å²) in [7, 11) is 1.74. The summed E-state index contributed by atoms with van der Waals surface area (Å²) in [5.41, 5.74) is 3.61. The van der Waals surface area contributed by atoms with E-state index >= 15 is 0 Å². The van der Waals surface area contributed by atoms with Gasteiger partial charge in [0.15, 0.2) is 5.96 Å². The molecule has 0 atom stereocenters. The third kappa shape index (κ3) is 8.32. The Balaban J connectivity index is 1.98. The lowest BCUT2D eigenvalue weighted by molar-refractivity contribution is 0.0919. The van der Waals surface area contributed by atoms with Crippen LogP contribution in [0.25, 0.3) is 0 Å². The summed E-state index contributed by atoms with van der Waals surface area (Å²) >= 11 is 0. The maximum absolute atomic E-state index is 12.4. The first kappa shape index (κ1) is 24.3. The van der Waals surface area contributed by atoms with Crippen LogP contribution in [0.15, 0.2) is 47.5 Å². The van der Waals surface area contributed by atoms with Gasteiger partial charge in [-0.3, -0.25) is 9.79 Å². The number of hydrogen-bond acceptors (Lipinski definition) is 3. The zero-order chi connectivity index (χ0) is 23.0. The fourth-order valence-electron chi connectivity index (χ4n) is 2.99. The molecule has 6 nitrogen and oxygen atoms in total. The molecule has 0 unspecified atom stereocenters. The summed E-state index contributed by atoms with van der Waals surface area (Å²) in [6, 6.07) is 13.8. The number of nitrogens with one attached hydrogen (secondary N) is 3. The third-order valence-electron chi connectivity index (χ3n) is 4.39. The van der Waals surface area contributed by atoms with Crippen LogP contribution in [-0.2, 0) is 13.1 Å². The van der Waals surface area contributed by atoms with Crippen molar-refractivity contribution in [2.75, 3.05) is 7.05 Å². The van der Waals surface area contributed by atoms with Crippen LogP contribution in [0, 0.1) is 6.92 Å². The van der Waals surface area contributed by atoms with Crippen molar-refractivity contribution in [3.63, 3.8) is 0 Å². The molecule has 3 N–H and O–H groups in total. The van der Waals surface area contributed by atoms with Crippen molar-refractivity contribution in [2.45, 2.75) is 66.3 Å². The molecule has 0 saturated heterocycles. The van der Waals surface area contributed by atoms with E-state index in [-0.39, 0.29) is 17.6 Å². The highest BCUT2D eigenvalue weighted by Gasteiger charge is 2.15. The number of aryl methyl sites for hydroxylation is 1. The Bertz CT molecular complexity index is 914. The van der Waals surface area contributed by atoms with Crippen molar-refractivity contribution >= 4 is 11.9 Å². The number of rotatable bonds is 7. The minimum absolute atomic E-state index is 0.0751. The summed E-state index contributed by atoms with van der Waals surface area (Å²) in [6.07, 6.45) is 0.112. The molecular formula is C25H36N4O2. The second-order valence-corrected chi connectivity index (χ2v) is 8.96. The molecule has 0 heterocycles. The van der Waals surface area contributed by atoms with E-state index in [1.165, 1.54) is 0 Å². The number of amides is 1. The van der Waals surface area contributed by atoms with E-state index < -0.39 is 0 Å². The number of hydrogen-bond donors (Lipinski definition) is 3. The first-order chi connectivity index (χ1) is 14.6. The summed E-state index contributed by atoms with van der Waals surface area (Å²) < 4.78 is 5.95. The zero-order valence-corrected chi connectivity index (χ0v) is 19.8. The van der Waals surface area contributed by atoms with Gasteiger partial charge in [-0.15, -0.1) is 0 Å². The molecule has 31 heavy (non-hydrogen) atoms. The molecular weight excluding hydrogens is 388 g/mol. The van der Waals surface area contributed by atoms with Gasteiger partial charge in [0.25, 0.3) is 5.91 Å². The van der Waals surface area contributed by atoms with Gasteiger partial charge in [0, 0.05) is 36.8 Å². The molecule has 1 amide bonds. The molecule has 2 aromatic rings. The van der Waals surface area contributed by atoms with E-state index in [0.717, 1.165) is 22.4 Å². The monoisotopic (exact) mass is 424 g/mol. The minimum Gasteiger partial charge on any atom is -0.491 e. The van der Waals surface area contributed by atoms with Gasteiger partial charge in [0.2, 0.25) is 0 Å². The lowest BCUT2D eigenvalue weighted by Crippen LogP contribution is -2.40. The van der Waals surface area contributed by atoms with Gasteiger partial charge >= 0.3 is 0 Å². The Morgan fingerprint density at radius 1 is 1.06 bits per heavy atom. The van der Waals surface area contributed by atoms with Gasteiger partial charge in [0.1, 0.15) is 5.75 Å². The van der Waals surface area contributed by atoms with Gasteiger partial charge in [-0.1, -0.05) is 24.3 Å². The molecule has 168 valence electrons.